The third-order valence-corrected chi connectivity index (χ3v) is 4.34. The Morgan fingerprint density at radius 2 is 1.92 bits per heavy atom. The lowest BCUT2D eigenvalue weighted by Crippen LogP contribution is -2.39. The molecule has 0 spiro atoms. The van der Waals surface area contributed by atoms with Crippen LogP contribution < -0.4 is 4.74 Å². The van der Waals surface area contributed by atoms with Crippen LogP contribution in [-0.2, 0) is 11.3 Å². The van der Waals surface area contributed by atoms with E-state index in [0.29, 0.717) is 11.9 Å². The molecular formula is C20H20FNO3. The summed E-state index contributed by atoms with van der Waals surface area (Å²) in [4.78, 5) is 11.2. The molecule has 0 fully saturated rings. The lowest BCUT2D eigenvalue weighted by molar-refractivity contribution is -0.174. The summed E-state index contributed by atoms with van der Waals surface area (Å²) in [5.41, 5.74) is 3.02. The van der Waals surface area contributed by atoms with Gasteiger partial charge in [0.25, 0.3) is 0 Å². The van der Waals surface area contributed by atoms with Crippen molar-refractivity contribution >= 4 is 16.9 Å². The maximum absolute atomic E-state index is 14.5. The number of ether oxygens (including phenoxy) is 1. The quantitative estimate of drug-likeness (QED) is 0.716. The summed E-state index contributed by atoms with van der Waals surface area (Å²) < 4.78 is 21.8. The second-order valence-electron chi connectivity index (χ2n) is 6.04. The summed E-state index contributed by atoms with van der Waals surface area (Å²) in [6.45, 7) is 4.08. The zero-order valence-corrected chi connectivity index (χ0v) is 14.2. The lowest BCUT2D eigenvalue weighted by Gasteiger charge is -2.21. The number of rotatable bonds is 6. The number of benzene rings is 2. The fraction of sp³-hybridized carbons (Fsp3) is 0.250. The molecular weight excluding hydrogens is 321 g/mol. The molecule has 3 aromatic rings. The molecule has 5 heteroatoms. The minimum Gasteiger partial charge on any atom is -0.476 e. The number of fused-ring (bicyclic) bond motifs is 1. The van der Waals surface area contributed by atoms with Gasteiger partial charge in [0.15, 0.2) is 0 Å². The molecule has 1 unspecified atom stereocenters. The summed E-state index contributed by atoms with van der Waals surface area (Å²) in [5, 5.41) is 9.82. The van der Waals surface area contributed by atoms with Crippen LogP contribution in [0.3, 0.4) is 0 Å². The fourth-order valence-corrected chi connectivity index (χ4v) is 2.90. The molecule has 0 aliphatic carbocycles. The SMILES string of the molecule is CCC(F)(Oc1cccc2c1cc(C)n2Cc1ccccc1)C(=O)O. The van der Waals surface area contributed by atoms with E-state index < -0.39 is 11.8 Å². The molecule has 1 aromatic heterocycles. The average Bonchev–Trinajstić information content (AvgIpc) is 2.92. The van der Waals surface area contributed by atoms with Gasteiger partial charge in [0, 0.05) is 24.0 Å². The minimum atomic E-state index is -2.73. The van der Waals surface area contributed by atoms with Crippen LogP contribution in [0.1, 0.15) is 24.6 Å². The van der Waals surface area contributed by atoms with Crippen molar-refractivity contribution in [3.05, 3.63) is 65.9 Å². The van der Waals surface area contributed by atoms with Gasteiger partial charge in [0.2, 0.25) is 0 Å². The average molecular weight is 341 g/mol. The molecule has 0 radical (unpaired) electrons. The maximum Gasteiger partial charge on any atom is 0.382 e. The zero-order chi connectivity index (χ0) is 18.0. The molecule has 1 N–H and O–H groups in total. The van der Waals surface area contributed by atoms with Crippen molar-refractivity contribution in [3.8, 4) is 5.75 Å². The van der Waals surface area contributed by atoms with Gasteiger partial charge in [0.1, 0.15) is 5.75 Å². The molecule has 3 rings (SSSR count). The molecule has 0 aliphatic rings. The zero-order valence-electron chi connectivity index (χ0n) is 14.2. The maximum atomic E-state index is 14.5. The highest BCUT2D eigenvalue weighted by atomic mass is 19.2. The van der Waals surface area contributed by atoms with Gasteiger partial charge >= 0.3 is 11.8 Å². The largest absolute Gasteiger partial charge is 0.476 e. The molecule has 0 saturated carbocycles. The van der Waals surface area contributed by atoms with Crippen LogP contribution in [0.15, 0.2) is 54.6 Å². The highest BCUT2D eigenvalue weighted by Gasteiger charge is 2.40. The molecule has 2 aromatic carbocycles. The van der Waals surface area contributed by atoms with Crippen LogP contribution >= 0.6 is 0 Å². The first-order valence-corrected chi connectivity index (χ1v) is 8.18. The van der Waals surface area contributed by atoms with Gasteiger partial charge in [-0.15, -0.1) is 0 Å². The first kappa shape index (κ1) is 17.0. The molecule has 130 valence electrons. The van der Waals surface area contributed by atoms with Gasteiger partial charge in [-0.05, 0) is 30.7 Å². The van der Waals surface area contributed by atoms with E-state index in [1.54, 1.807) is 12.1 Å². The van der Waals surface area contributed by atoms with E-state index in [1.807, 2.05) is 49.4 Å². The Hall–Kier alpha value is -2.82. The van der Waals surface area contributed by atoms with Crippen molar-refractivity contribution in [1.82, 2.24) is 4.57 Å². The number of aryl methyl sites for hydroxylation is 1. The predicted octanol–water partition coefficient (Wildman–Crippen LogP) is 4.54. The van der Waals surface area contributed by atoms with E-state index in [4.69, 9.17) is 9.84 Å². The van der Waals surface area contributed by atoms with E-state index in [1.165, 1.54) is 6.92 Å². The first-order chi connectivity index (χ1) is 11.9. The lowest BCUT2D eigenvalue weighted by atomic mass is 10.2. The monoisotopic (exact) mass is 341 g/mol. The van der Waals surface area contributed by atoms with E-state index in [-0.39, 0.29) is 12.2 Å². The molecule has 1 atom stereocenters. The van der Waals surface area contributed by atoms with Crippen LogP contribution in [0.25, 0.3) is 10.9 Å². The number of hydrogen-bond donors (Lipinski definition) is 1. The number of carbonyl (C=O) groups is 1. The van der Waals surface area contributed by atoms with Crippen LogP contribution in [0.5, 0.6) is 5.75 Å². The van der Waals surface area contributed by atoms with Crippen molar-refractivity contribution in [3.63, 3.8) is 0 Å². The summed E-state index contributed by atoms with van der Waals surface area (Å²) in [5.74, 6) is -4.12. The van der Waals surface area contributed by atoms with E-state index >= 15 is 0 Å². The molecule has 1 heterocycles. The van der Waals surface area contributed by atoms with Crippen LogP contribution in [-0.4, -0.2) is 21.5 Å². The number of carboxylic acid groups (broad SMARTS) is 1. The molecule has 0 saturated heterocycles. The van der Waals surface area contributed by atoms with E-state index in [2.05, 4.69) is 4.57 Å². The summed E-state index contributed by atoms with van der Waals surface area (Å²) in [6.07, 6.45) is -0.275. The third kappa shape index (κ3) is 3.22. The Bertz CT molecular complexity index is 904. The number of nitrogens with zero attached hydrogens (tertiary/aromatic N) is 1. The van der Waals surface area contributed by atoms with Gasteiger partial charge in [-0.25, -0.2) is 4.79 Å². The summed E-state index contributed by atoms with van der Waals surface area (Å²) in [6, 6.07) is 17.2. The number of alkyl halides is 1. The second-order valence-corrected chi connectivity index (χ2v) is 6.04. The highest BCUT2D eigenvalue weighted by molar-refractivity contribution is 5.88. The van der Waals surface area contributed by atoms with Gasteiger partial charge in [-0.2, -0.15) is 4.39 Å². The van der Waals surface area contributed by atoms with Crippen LogP contribution in [0.2, 0.25) is 0 Å². The number of halogens is 1. The fourth-order valence-electron chi connectivity index (χ4n) is 2.90. The summed E-state index contributed by atoms with van der Waals surface area (Å²) in [7, 11) is 0. The van der Waals surface area contributed by atoms with Gasteiger partial charge in [0.05, 0.1) is 5.52 Å². The van der Waals surface area contributed by atoms with Crippen molar-refractivity contribution < 1.29 is 19.0 Å². The summed E-state index contributed by atoms with van der Waals surface area (Å²) >= 11 is 0. The number of carboxylic acids is 1. The van der Waals surface area contributed by atoms with Crippen LogP contribution in [0, 0.1) is 6.92 Å². The highest BCUT2D eigenvalue weighted by Crippen LogP contribution is 2.33. The first-order valence-electron chi connectivity index (χ1n) is 8.18. The predicted molar refractivity (Wildman–Crippen MR) is 94.6 cm³/mol. The van der Waals surface area contributed by atoms with Gasteiger partial charge in [-0.3, -0.25) is 0 Å². The third-order valence-electron chi connectivity index (χ3n) is 4.34. The Balaban J connectivity index is 2.03. The van der Waals surface area contributed by atoms with E-state index in [9.17, 15) is 9.18 Å². The van der Waals surface area contributed by atoms with Crippen molar-refractivity contribution in [2.45, 2.75) is 32.7 Å². The molecule has 4 nitrogen and oxygen atoms in total. The Labute approximate surface area is 145 Å². The molecule has 0 amide bonds. The number of aliphatic carboxylic acids is 1. The Morgan fingerprint density at radius 3 is 2.56 bits per heavy atom. The van der Waals surface area contributed by atoms with Crippen molar-refractivity contribution in [1.29, 1.82) is 0 Å². The van der Waals surface area contributed by atoms with E-state index in [0.717, 1.165) is 16.8 Å². The number of hydrogen-bond acceptors (Lipinski definition) is 2. The van der Waals surface area contributed by atoms with Crippen LogP contribution in [0.4, 0.5) is 4.39 Å². The van der Waals surface area contributed by atoms with Gasteiger partial charge < -0.3 is 14.4 Å². The Morgan fingerprint density at radius 1 is 1.20 bits per heavy atom. The van der Waals surface area contributed by atoms with Gasteiger partial charge in [-0.1, -0.05) is 43.3 Å². The molecule has 0 bridgehead atoms. The molecule has 25 heavy (non-hydrogen) atoms. The second kappa shape index (κ2) is 6.59. The standard InChI is InChI=1S/C20H20FNO3/c1-3-20(21,19(23)24)25-18-11-7-10-17-16(18)12-14(2)22(17)13-15-8-5-4-6-9-15/h4-12H,3,13H2,1-2H3,(H,23,24). The number of aromatic nitrogens is 1. The van der Waals surface area contributed by atoms with Crippen molar-refractivity contribution in [2.75, 3.05) is 0 Å². The smallest absolute Gasteiger partial charge is 0.382 e. The van der Waals surface area contributed by atoms with Crippen molar-refractivity contribution in [2.24, 2.45) is 0 Å². The Kier molecular flexibility index (Phi) is 4.49. The normalized spacial score (nSPS) is 13.6. The minimum absolute atomic E-state index is 0.235. The molecule has 0 aliphatic heterocycles. The topological polar surface area (TPSA) is 51.5 Å².